The van der Waals surface area contributed by atoms with E-state index in [2.05, 4.69) is 44.3 Å². The highest BCUT2D eigenvalue weighted by Gasteiger charge is 2.26. The second kappa shape index (κ2) is 12.2. The summed E-state index contributed by atoms with van der Waals surface area (Å²) in [5.74, 6) is -0.588. The van der Waals surface area contributed by atoms with Crippen LogP contribution in [0, 0.1) is 0 Å². The number of benzene rings is 4. The van der Waals surface area contributed by atoms with Crippen molar-refractivity contribution in [1.82, 2.24) is 4.90 Å². The van der Waals surface area contributed by atoms with Gasteiger partial charge in [0.25, 0.3) is 15.9 Å². The average Bonchev–Trinajstić information content (AvgIpc) is 3.34. The second-order valence-electron chi connectivity index (χ2n) is 10.7. The molecule has 2 aliphatic rings. The first-order chi connectivity index (χ1) is 21.2. The van der Waals surface area contributed by atoms with Gasteiger partial charge in [0.05, 0.1) is 10.5 Å². The number of nitrogens with zero attached hydrogens (tertiary/aromatic N) is 2. The van der Waals surface area contributed by atoms with Crippen molar-refractivity contribution in [3.63, 3.8) is 0 Å². The maximum absolute atomic E-state index is 13.4. The van der Waals surface area contributed by atoms with Gasteiger partial charge in [-0.05, 0) is 73.8 Å². The molecule has 11 heteroatoms. The molecule has 2 heterocycles. The Labute approximate surface area is 261 Å². The van der Waals surface area contributed by atoms with Gasteiger partial charge in [0.1, 0.15) is 0 Å². The van der Waals surface area contributed by atoms with E-state index in [0.717, 1.165) is 31.9 Å². The Morgan fingerprint density at radius 2 is 1.57 bits per heavy atom. The molecule has 0 radical (unpaired) electrons. The molecular weight excluding hydrogens is 598 g/mol. The number of ketones is 1. The molecule has 0 spiro atoms. The van der Waals surface area contributed by atoms with Crippen molar-refractivity contribution in [3.05, 3.63) is 119 Å². The zero-order valence-corrected chi connectivity index (χ0v) is 25.5. The minimum Gasteiger partial charge on any atom is -0.369 e. The second-order valence-corrected chi connectivity index (χ2v) is 12.8. The molecule has 2 aliphatic heterocycles. The maximum atomic E-state index is 13.4. The van der Waals surface area contributed by atoms with Gasteiger partial charge in [0, 0.05) is 76.8 Å². The van der Waals surface area contributed by atoms with E-state index in [1.165, 1.54) is 36.0 Å². The molecule has 3 N–H and O–H groups in total. The number of nitrogens with one attached hydrogen (secondary N) is 3. The number of rotatable bonds is 8. The van der Waals surface area contributed by atoms with Gasteiger partial charge in [-0.2, -0.15) is 0 Å². The molecular formula is C33H30ClN5O4S. The van der Waals surface area contributed by atoms with Crippen molar-refractivity contribution in [2.75, 3.05) is 53.5 Å². The van der Waals surface area contributed by atoms with Crippen LogP contribution in [0.1, 0.15) is 21.5 Å². The fraction of sp³-hybridized carbons (Fsp3) is 0.152. The van der Waals surface area contributed by atoms with Gasteiger partial charge >= 0.3 is 0 Å². The zero-order valence-electron chi connectivity index (χ0n) is 23.9. The summed E-state index contributed by atoms with van der Waals surface area (Å²) in [6.45, 7) is 4.05. The highest BCUT2D eigenvalue weighted by atomic mass is 35.5. The van der Waals surface area contributed by atoms with E-state index in [-0.39, 0.29) is 22.3 Å². The molecule has 0 aromatic heterocycles. The van der Waals surface area contributed by atoms with Gasteiger partial charge in [-0.3, -0.25) is 14.3 Å². The number of hydrogen-bond donors (Lipinski definition) is 3. The number of fused-ring (bicyclic) bond motifs is 1. The predicted molar refractivity (Wildman–Crippen MR) is 175 cm³/mol. The first-order valence-corrected chi connectivity index (χ1v) is 15.9. The minimum absolute atomic E-state index is 0.0500. The molecule has 1 amide bonds. The van der Waals surface area contributed by atoms with Crippen LogP contribution in [-0.2, 0) is 14.8 Å². The quantitative estimate of drug-likeness (QED) is 0.174. The summed E-state index contributed by atoms with van der Waals surface area (Å²) in [7, 11) is -1.74. The van der Waals surface area contributed by atoms with E-state index >= 15 is 0 Å². The Morgan fingerprint density at radius 3 is 2.30 bits per heavy atom. The lowest BCUT2D eigenvalue weighted by Gasteiger charge is -2.34. The van der Waals surface area contributed by atoms with Crippen molar-refractivity contribution in [2.45, 2.75) is 4.90 Å². The molecule has 44 heavy (non-hydrogen) atoms. The zero-order chi connectivity index (χ0) is 30.8. The lowest BCUT2D eigenvalue weighted by molar-refractivity contribution is -0.110. The molecule has 1 fully saturated rings. The third kappa shape index (κ3) is 6.33. The molecule has 4 aromatic carbocycles. The molecule has 224 valence electrons. The number of halogens is 1. The first-order valence-electron chi connectivity index (χ1n) is 14.1. The fourth-order valence-corrected chi connectivity index (χ4v) is 6.36. The third-order valence-corrected chi connectivity index (χ3v) is 9.33. The summed E-state index contributed by atoms with van der Waals surface area (Å²) in [6.07, 6.45) is 1.67. The first kappa shape index (κ1) is 29.4. The third-order valence-electron chi connectivity index (χ3n) is 7.68. The van der Waals surface area contributed by atoms with Crippen LogP contribution in [0.5, 0.6) is 0 Å². The standard InChI is InChI=1S/C33H30ClN5O4S/c1-38-15-17-39(18-16-38)27-10-8-25(9-11-27)35-21-30-29-14-5-23(20-31(29)36-33(30)41)32(40)22-3-2-4-26(19-22)37-44(42,43)28-12-6-24(34)7-13-28/h2-14,19-21,35,37H,15-18H2,1H3,(H,36,41)/b30-21+. The van der Waals surface area contributed by atoms with Crippen LogP contribution in [0.25, 0.3) is 5.57 Å². The molecule has 0 unspecified atom stereocenters. The van der Waals surface area contributed by atoms with Gasteiger partial charge in [0.2, 0.25) is 0 Å². The van der Waals surface area contributed by atoms with E-state index in [1.54, 1.807) is 42.6 Å². The summed E-state index contributed by atoms with van der Waals surface area (Å²) in [6, 6.07) is 25.2. The Hall–Kier alpha value is -4.64. The lowest BCUT2D eigenvalue weighted by atomic mass is 9.99. The topological polar surface area (TPSA) is 111 Å². The van der Waals surface area contributed by atoms with Crippen molar-refractivity contribution < 1.29 is 18.0 Å². The van der Waals surface area contributed by atoms with Gasteiger partial charge in [-0.15, -0.1) is 0 Å². The van der Waals surface area contributed by atoms with E-state index in [0.29, 0.717) is 33.0 Å². The SMILES string of the molecule is CN1CCN(c2ccc(N/C=C3/C(=O)Nc4cc(C(=O)c5cccc(NS(=O)(=O)c6ccc(Cl)cc6)c5)ccc43)cc2)CC1. The average molecular weight is 628 g/mol. The van der Waals surface area contributed by atoms with Crippen LogP contribution in [0.4, 0.5) is 22.7 Å². The van der Waals surface area contributed by atoms with E-state index in [9.17, 15) is 18.0 Å². The van der Waals surface area contributed by atoms with Gasteiger partial charge in [-0.1, -0.05) is 35.9 Å². The Morgan fingerprint density at radius 1 is 0.864 bits per heavy atom. The maximum Gasteiger partial charge on any atom is 0.261 e. The molecule has 0 atom stereocenters. The van der Waals surface area contributed by atoms with Crippen molar-refractivity contribution in [1.29, 1.82) is 0 Å². The number of likely N-dealkylation sites (N-methyl/N-ethyl adjacent to an activating group) is 1. The number of amides is 1. The Balaban J connectivity index is 1.15. The Kier molecular flexibility index (Phi) is 8.13. The molecule has 1 saturated heterocycles. The summed E-state index contributed by atoms with van der Waals surface area (Å²) in [4.78, 5) is 30.9. The van der Waals surface area contributed by atoms with Crippen molar-refractivity contribution in [3.8, 4) is 0 Å². The molecule has 9 nitrogen and oxygen atoms in total. The normalized spacial score (nSPS) is 16.0. The summed E-state index contributed by atoms with van der Waals surface area (Å²) in [5, 5.41) is 6.48. The number of piperazine rings is 1. The largest absolute Gasteiger partial charge is 0.369 e. The predicted octanol–water partition coefficient (Wildman–Crippen LogP) is 5.53. The number of carbonyl (C=O) groups excluding carboxylic acids is 2. The summed E-state index contributed by atoms with van der Waals surface area (Å²) >= 11 is 5.87. The van der Waals surface area contributed by atoms with E-state index in [1.807, 2.05) is 12.1 Å². The molecule has 4 aromatic rings. The smallest absolute Gasteiger partial charge is 0.261 e. The lowest BCUT2D eigenvalue weighted by Crippen LogP contribution is -2.44. The number of carbonyl (C=O) groups is 2. The molecule has 0 bridgehead atoms. The summed E-state index contributed by atoms with van der Waals surface area (Å²) in [5.41, 5.74) is 4.58. The van der Waals surface area contributed by atoms with E-state index < -0.39 is 10.0 Å². The van der Waals surface area contributed by atoms with E-state index in [4.69, 9.17) is 11.6 Å². The van der Waals surface area contributed by atoms with Gasteiger partial charge in [-0.25, -0.2) is 8.42 Å². The highest BCUT2D eigenvalue weighted by Crippen LogP contribution is 2.33. The van der Waals surface area contributed by atoms with Crippen molar-refractivity contribution >= 4 is 61.6 Å². The van der Waals surface area contributed by atoms with Crippen LogP contribution >= 0.6 is 11.6 Å². The molecule has 0 saturated carbocycles. The van der Waals surface area contributed by atoms with Crippen LogP contribution in [0.15, 0.2) is 102 Å². The number of sulfonamides is 1. The van der Waals surface area contributed by atoms with Crippen LogP contribution < -0.4 is 20.3 Å². The van der Waals surface area contributed by atoms with Gasteiger partial charge in [0.15, 0.2) is 5.78 Å². The number of hydrogen-bond acceptors (Lipinski definition) is 7. The monoisotopic (exact) mass is 627 g/mol. The fourth-order valence-electron chi connectivity index (χ4n) is 5.19. The molecule has 6 rings (SSSR count). The highest BCUT2D eigenvalue weighted by molar-refractivity contribution is 7.92. The van der Waals surface area contributed by atoms with Crippen LogP contribution in [0.2, 0.25) is 5.02 Å². The van der Waals surface area contributed by atoms with Crippen molar-refractivity contribution in [2.24, 2.45) is 0 Å². The minimum atomic E-state index is -3.88. The van der Waals surface area contributed by atoms with Crippen LogP contribution in [-0.4, -0.2) is 58.2 Å². The Bertz CT molecular complexity index is 1870. The van der Waals surface area contributed by atoms with Gasteiger partial charge < -0.3 is 20.4 Å². The summed E-state index contributed by atoms with van der Waals surface area (Å²) < 4.78 is 28.1. The number of anilines is 4. The van der Waals surface area contributed by atoms with Crippen LogP contribution in [0.3, 0.4) is 0 Å². The molecule has 0 aliphatic carbocycles.